The van der Waals surface area contributed by atoms with Crippen molar-refractivity contribution in [2.24, 2.45) is 0 Å². The normalized spacial score (nSPS) is 12.5. The van der Waals surface area contributed by atoms with Crippen LogP contribution in [0, 0.1) is 17.5 Å². The molecular weight excluding hydrogens is 367 g/mol. The average Bonchev–Trinajstić information content (AvgIpc) is 2.42. The monoisotopic (exact) mass is 377 g/mol. The summed E-state index contributed by atoms with van der Waals surface area (Å²) in [4.78, 5) is 0. The van der Waals surface area contributed by atoms with Gasteiger partial charge < -0.3 is 5.32 Å². The van der Waals surface area contributed by atoms with E-state index in [0.29, 0.717) is 6.54 Å². The van der Waals surface area contributed by atoms with Crippen LogP contribution in [0.25, 0.3) is 0 Å². The van der Waals surface area contributed by atoms with Gasteiger partial charge in [-0.25, -0.2) is 13.2 Å². The van der Waals surface area contributed by atoms with Crippen LogP contribution in [0.4, 0.5) is 13.2 Å². The predicted molar refractivity (Wildman–Crippen MR) is 81.0 cm³/mol. The molecule has 21 heavy (non-hydrogen) atoms. The fraction of sp³-hybridized carbons (Fsp3) is 0.200. The highest BCUT2D eigenvalue weighted by atomic mass is 79.9. The summed E-state index contributed by atoms with van der Waals surface area (Å²) in [6.45, 7) is 2.22. The van der Waals surface area contributed by atoms with Crippen LogP contribution in [0.15, 0.2) is 34.8 Å². The van der Waals surface area contributed by atoms with Gasteiger partial charge >= 0.3 is 0 Å². The summed E-state index contributed by atoms with van der Waals surface area (Å²) in [5.41, 5.74) is 0.103. The molecule has 2 aromatic carbocycles. The summed E-state index contributed by atoms with van der Waals surface area (Å²) in [5.74, 6) is -1.84. The SMILES string of the molecule is CCNC(c1cc(F)c(Br)cc1F)c1c(F)cccc1Cl. The van der Waals surface area contributed by atoms with E-state index in [-0.39, 0.29) is 20.6 Å². The summed E-state index contributed by atoms with van der Waals surface area (Å²) in [5, 5.41) is 3.09. The van der Waals surface area contributed by atoms with Crippen molar-refractivity contribution in [3.8, 4) is 0 Å². The summed E-state index contributed by atoms with van der Waals surface area (Å²) in [7, 11) is 0. The Morgan fingerprint density at radius 3 is 2.48 bits per heavy atom. The van der Waals surface area contributed by atoms with Crippen LogP contribution in [-0.2, 0) is 0 Å². The summed E-state index contributed by atoms with van der Waals surface area (Å²) < 4.78 is 41.9. The molecule has 0 saturated carbocycles. The molecule has 0 spiro atoms. The zero-order valence-corrected chi connectivity index (χ0v) is 13.4. The minimum Gasteiger partial charge on any atom is -0.306 e. The van der Waals surface area contributed by atoms with Gasteiger partial charge in [0.05, 0.1) is 10.5 Å². The van der Waals surface area contributed by atoms with Crippen LogP contribution in [0.1, 0.15) is 24.1 Å². The van der Waals surface area contributed by atoms with E-state index >= 15 is 0 Å². The van der Waals surface area contributed by atoms with E-state index in [2.05, 4.69) is 21.2 Å². The van der Waals surface area contributed by atoms with Gasteiger partial charge in [0.25, 0.3) is 0 Å². The Balaban J connectivity index is 2.62. The van der Waals surface area contributed by atoms with Gasteiger partial charge in [0.1, 0.15) is 17.5 Å². The molecule has 0 bridgehead atoms. The van der Waals surface area contributed by atoms with Gasteiger partial charge in [0.15, 0.2) is 0 Å². The maximum Gasteiger partial charge on any atom is 0.137 e. The molecular formula is C15H12BrClF3N. The minimum absolute atomic E-state index is 0.00421. The highest BCUT2D eigenvalue weighted by molar-refractivity contribution is 9.10. The molecule has 0 aliphatic carbocycles. The van der Waals surface area contributed by atoms with Crippen molar-refractivity contribution < 1.29 is 13.2 Å². The second-order valence-electron chi connectivity index (χ2n) is 4.41. The van der Waals surface area contributed by atoms with Crippen molar-refractivity contribution in [3.63, 3.8) is 0 Å². The fourth-order valence-electron chi connectivity index (χ4n) is 2.12. The minimum atomic E-state index is -0.869. The third kappa shape index (κ3) is 3.42. The molecule has 1 atom stereocenters. The first-order valence-corrected chi connectivity index (χ1v) is 7.44. The first-order chi connectivity index (χ1) is 9.95. The van der Waals surface area contributed by atoms with Crippen molar-refractivity contribution >= 4 is 27.5 Å². The molecule has 0 aromatic heterocycles. The van der Waals surface area contributed by atoms with Crippen molar-refractivity contribution in [2.75, 3.05) is 6.54 Å². The molecule has 0 fully saturated rings. The lowest BCUT2D eigenvalue weighted by Gasteiger charge is -2.21. The number of halogens is 5. The highest BCUT2D eigenvalue weighted by Crippen LogP contribution is 2.33. The second-order valence-corrected chi connectivity index (χ2v) is 5.68. The molecule has 112 valence electrons. The quantitative estimate of drug-likeness (QED) is 0.719. The average molecular weight is 379 g/mol. The number of hydrogen-bond acceptors (Lipinski definition) is 1. The second kappa shape index (κ2) is 6.81. The Hall–Kier alpha value is -1.04. The lowest BCUT2D eigenvalue weighted by Crippen LogP contribution is -2.24. The molecule has 1 unspecified atom stereocenters. The molecule has 2 rings (SSSR count). The lowest BCUT2D eigenvalue weighted by molar-refractivity contribution is 0.521. The summed E-state index contributed by atoms with van der Waals surface area (Å²) in [6, 6.07) is 5.39. The van der Waals surface area contributed by atoms with E-state index in [1.165, 1.54) is 18.2 Å². The largest absolute Gasteiger partial charge is 0.306 e. The zero-order valence-electron chi connectivity index (χ0n) is 11.1. The molecule has 0 aliphatic rings. The molecule has 0 saturated heterocycles. The first kappa shape index (κ1) is 16.3. The van der Waals surface area contributed by atoms with Crippen LogP contribution in [0.2, 0.25) is 5.02 Å². The Morgan fingerprint density at radius 1 is 1.14 bits per heavy atom. The van der Waals surface area contributed by atoms with E-state index in [9.17, 15) is 13.2 Å². The molecule has 1 N–H and O–H groups in total. The van der Waals surface area contributed by atoms with Gasteiger partial charge in [0, 0.05) is 16.1 Å². The number of rotatable bonds is 4. The van der Waals surface area contributed by atoms with Crippen LogP contribution in [0.5, 0.6) is 0 Å². The van der Waals surface area contributed by atoms with Gasteiger partial charge in [-0.05, 0) is 46.7 Å². The lowest BCUT2D eigenvalue weighted by atomic mass is 9.97. The Bertz CT molecular complexity index is 643. The van der Waals surface area contributed by atoms with Crippen molar-refractivity contribution in [3.05, 3.63) is 68.4 Å². The molecule has 0 aliphatic heterocycles. The van der Waals surface area contributed by atoms with Crippen molar-refractivity contribution in [2.45, 2.75) is 13.0 Å². The van der Waals surface area contributed by atoms with E-state index in [4.69, 9.17) is 11.6 Å². The summed E-state index contributed by atoms with van der Waals surface area (Å²) >= 11 is 8.95. The summed E-state index contributed by atoms with van der Waals surface area (Å²) in [6.07, 6.45) is 0. The van der Waals surface area contributed by atoms with E-state index in [1.807, 2.05) is 0 Å². The standard InChI is InChI=1S/C15H12BrClF3N/c1-2-21-15(14-10(17)4-3-5-11(14)18)8-6-13(20)9(16)7-12(8)19/h3-7,15,21H,2H2,1H3. The topological polar surface area (TPSA) is 12.0 Å². The number of benzene rings is 2. The van der Waals surface area contributed by atoms with E-state index < -0.39 is 23.5 Å². The van der Waals surface area contributed by atoms with E-state index in [0.717, 1.165) is 12.1 Å². The third-order valence-corrected chi connectivity index (χ3v) is 3.98. The molecule has 1 nitrogen and oxygen atoms in total. The Labute approximate surface area is 134 Å². The third-order valence-electron chi connectivity index (χ3n) is 3.05. The van der Waals surface area contributed by atoms with Gasteiger partial charge in [-0.1, -0.05) is 24.6 Å². The van der Waals surface area contributed by atoms with Crippen LogP contribution >= 0.6 is 27.5 Å². The number of nitrogens with one attached hydrogen (secondary N) is 1. The maximum absolute atomic E-state index is 14.2. The van der Waals surface area contributed by atoms with Gasteiger partial charge in [0.2, 0.25) is 0 Å². The van der Waals surface area contributed by atoms with Crippen molar-refractivity contribution in [1.29, 1.82) is 0 Å². The van der Waals surface area contributed by atoms with Crippen molar-refractivity contribution in [1.82, 2.24) is 5.32 Å². The van der Waals surface area contributed by atoms with Gasteiger partial charge in [-0.15, -0.1) is 0 Å². The fourth-order valence-corrected chi connectivity index (χ4v) is 2.70. The van der Waals surface area contributed by atoms with Crippen LogP contribution in [-0.4, -0.2) is 6.54 Å². The van der Waals surface area contributed by atoms with Crippen LogP contribution in [0.3, 0.4) is 0 Å². The first-order valence-electron chi connectivity index (χ1n) is 6.27. The number of hydrogen-bond donors (Lipinski definition) is 1. The Morgan fingerprint density at radius 2 is 1.86 bits per heavy atom. The molecule has 6 heteroatoms. The smallest absolute Gasteiger partial charge is 0.137 e. The predicted octanol–water partition coefficient (Wildman–Crippen LogP) is 5.22. The maximum atomic E-state index is 14.2. The highest BCUT2D eigenvalue weighted by Gasteiger charge is 2.24. The van der Waals surface area contributed by atoms with Gasteiger partial charge in [-0.3, -0.25) is 0 Å². The zero-order chi connectivity index (χ0) is 15.6. The van der Waals surface area contributed by atoms with Gasteiger partial charge in [-0.2, -0.15) is 0 Å². The molecule has 2 aromatic rings. The Kier molecular flexibility index (Phi) is 5.30. The molecule has 0 amide bonds. The van der Waals surface area contributed by atoms with Crippen LogP contribution < -0.4 is 5.32 Å². The molecule has 0 heterocycles. The van der Waals surface area contributed by atoms with E-state index in [1.54, 1.807) is 6.92 Å². The molecule has 0 radical (unpaired) electrons.